The third-order valence-corrected chi connectivity index (χ3v) is 4.20. The largest absolute Gasteiger partial charge is 0.466 e. The number of rotatable bonds is 3. The number of piperidine rings is 1. The fraction of sp³-hybridized carbons (Fsp3) is 0.875. The normalized spacial score (nSPS) is 28.4. The number of amides is 1. The van der Waals surface area contributed by atoms with Crippen LogP contribution in [0.25, 0.3) is 0 Å². The third kappa shape index (κ3) is 4.11. The first-order valence-corrected chi connectivity index (χ1v) is 7.97. The van der Waals surface area contributed by atoms with Crippen LogP contribution in [0.4, 0.5) is 4.79 Å². The predicted octanol–water partition coefficient (Wildman–Crippen LogP) is 3.12. The van der Waals surface area contributed by atoms with Crippen molar-refractivity contribution in [2.75, 3.05) is 6.61 Å². The molecule has 0 radical (unpaired) electrons. The molecule has 2 fully saturated rings. The van der Waals surface area contributed by atoms with Gasteiger partial charge in [0.25, 0.3) is 0 Å². The quantitative estimate of drug-likeness (QED) is 0.751. The highest BCUT2D eigenvalue weighted by atomic mass is 16.6. The summed E-state index contributed by atoms with van der Waals surface area (Å²) in [5, 5.41) is 0. The summed E-state index contributed by atoms with van der Waals surface area (Å²) < 4.78 is 10.5. The molecule has 0 aromatic rings. The molecule has 2 rings (SSSR count). The fourth-order valence-corrected chi connectivity index (χ4v) is 3.52. The first-order valence-electron chi connectivity index (χ1n) is 7.97. The third-order valence-electron chi connectivity index (χ3n) is 4.20. The summed E-state index contributed by atoms with van der Waals surface area (Å²) in [6, 6.07) is 0.441. The number of esters is 1. The van der Waals surface area contributed by atoms with Crippen molar-refractivity contribution in [3.8, 4) is 0 Å². The topological polar surface area (TPSA) is 55.8 Å². The SMILES string of the molecule is CCOC(=O)CC1C[C@H]2CC[C@@H](C1)N2C(=O)OC(C)(C)C. The highest BCUT2D eigenvalue weighted by Gasteiger charge is 2.45. The van der Waals surface area contributed by atoms with Gasteiger partial charge in [-0.2, -0.15) is 0 Å². The van der Waals surface area contributed by atoms with Crippen molar-refractivity contribution in [1.29, 1.82) is 0 Å². The van der Waals surface area contributed by atoms with Crippen LogP contribution in [0.3, 0.4) is 0 Å². The van der Waals surface area contributed by atoms with Crippen molar-refractivity contribution < 1.29 is 19.1 Å². The average molecular weight is 297 g/mol. The zero-order valence-corrected chi connectivity index (χ0v) is 13.6. The molecule has 0 saturated carbocycles. The van der Waals surface area contributed by atoms with Gasteiger partial charge in [-0.15, -0.1) is 0 Å². The number of ether oxygens (including phenoxy) is 2. The van der Waals surface area contributed by atoms with E-state index >= 15 is 0 Å². The molecular formula is C16H27NO4. The van der Waals surface area contributed by atoms with Crippen molar-refractivity contribution in [2.45, 2.75) is 77.5 Å². The molecule has 5 heteroatoms. The van der Waals surface area contributed by atoms with Crippen LogP contribution in [0.5, 0.6) is 0 Å². The second-order valence-corrected chi connectivity index (χ2v) is 7.12. The van der Waals surface area contributed by atoms with Crippen LogP contribution in [0.2, 0.25) is 0 Å². The monoisotopic (exact) mass is 297 g/mol. The van der Waals surface area contributed by atoms with Crippen LogP contribution >= 0.6 is 0 Å². The smallest absolute Gasteiger partial charge is 0.410 e. The minimum Gasteiger partial charge on any atom is -0.466 e. The molecule has 0 N–H and O–H groups in total. The van der Waals surface area contributed by atoms with Crippen molar-refractivity contribution in [3.05, 3.63) is 0 Å². The van der Waals surface area contributed by atoms with Gasteiger partial charge in [0.2, 0.25) is 0 Å². The second kappa shape index (κ2) is 6.24. The Morgan fingerprint density at radius 2 is 1.71 bits per heavy atom. The van der Waals surface area contributed by atoms with Crippen LogP contribution in [-0.2, 0) is 14.3 Å². The molecule has 5 nitrogen and oxygen atoms in total. The van der Waals surface area contributed by atoms with Gasteiger partial charge in [0, 0.05) is 18.5 Å². The van der Waals surface area contributed by atoms with Crippen molar-refractivity contribution >= 4 is 12.1 Å². The van der Waals surface area contributed by atoms with E-state index in [-0.39, 0.29) is 24.1 Å². The van der Waals surface area contributed by atoms with Crippen LogP contribution < -0.4 is 0 Å². The minimum absolute atomic E-state index is 0.118. The first kappa shape index (κ1) is 16.1. The molecule has 2 heterocycles. The van der Waals surface area contributed by atoms with Gasteiger partial charge in [-0.3, -0.25) is 4.79 Å². The van der Waals surface area contributed by atoms with Gasteiger partial charge in [-0.1, -0.05) is 0 Å². The van der Waals surface area contributed by atoms with Gasteiger partial charge in [0.1, 0.15) is 5.60 Å². The first-order chi connectivity index (χ1) is 9.80. The average Bonchev–Trinajstić information content (AvgIpc) is 2.60. The molecule has 2 saturated heterocycles. The van der Waals surface area contributed by atoms with Gasteiger partial charge < -0.3 is 14.4 Å². The summed E-state index contributed by atoms with van der Waals surface area (Å²) in [6.07, 6.45) is 4.07. The molecule has 2 aliphatic heterocycles. The highest BCUT2D eigenvalue weighted by Crippen LogP contribution is 2.40. The highest BCUT2D eigenvalue weighted by molar-refractivity contribution is 5.71. The lowest BCUT2D eigenvalue weighted by Crippen LogP contribution is -2.48. The Labute approximate surface area is 127 Å². The van der Waals surface area contributed by atoms with E-state index in [2.05, 4.69) is 0 Å². The fourth-order valence-electron chi connectivity index (χ4n) is 3.52. The molecule has 21 heavy (non-hydrogen) atoms. The Kier molecular flexibility index (Phi) is 4.79. The van der Waals surface area contributed by atoms with E-state index < -0.39 is 5.60 Å². The molecule has 3 atom stereocenters. The van der Waals surface area contributed by atoms with Crippen molar-refractivity contribution in [3.63, 3.8) is 0 Å². The predicted molar refractivity (Wildman–Crippen MR) is 78.9 cm³/mol. The molecular weight excluding hydrogens is 270 g/mol. The summed E-state index contributed by atoms with van der Waals surface area (Å²) in [7, 11) is 0. The lowest BCUT2D eigenvalue weighted by molar-refractivity contribution is -0.144. The maximum atomic E-state index is 12.3. The Bertz CT molecular complexity index is 388. The standard InChI is InChI=1S/C16H27NO4/c1-5-20-14(18)10-11-8-12-6-7-13(9-11)17(12)15(19)21-16(2,3)4/h11-13H,5-10H2,1-4H3/t11?,12-,13+. The molecule has 0 aromatic carbocycles. The lowest BCUT2D eigenvalue weighted by Gasteiger charge is -2.39. The van der Waals surface area contributed by atoms with E-state index in [4.69, 9.17) is 9.47 Å². The van der Waals surface area contributed by atoms with Gasteiger partial charge in [-0.05, 0) is 59.3 Å². The van der Waals surface area contributed by atoms with Crippen LogP contribution in [0.1, 0.15) is 59.8 Å². The summed E-state index contributed by atoms with van der Waals surface area (Å²) >= 11 is 0. The van der Waals surface area contributed by atoms with E-state index in [1.807, 2.05) is 32.6 Å². The van der Waals surface area contributed by atoms with Gasteiger partial charge in [-0.25, -0.2) is 4.79 Å². The Morgan fingerprint density at radius 1 is 1.14 bits per heavy atom. The minimum atomic E-state index is -0.460. The number of nitrogens with zero attached hydrogens (tertiary/aromatic N) is 1. The molecule has 2 aliphatic rings. The maximum absolute atomic E-state index is 12.3. The van der Waals surface area contributed by atoms with Crippen LogP contribution in [0, 0.1) is 5.92 Å². The van der Waals surface area contributed by atoms with Gasteiger partial charge in [0.15, 0.2) is 0 Å². The van der Waals surface area contributed by atoms with Crippen LogP contribution in [0.15, 0.2) is 0 Å². The lowest BCUT2D eigenvalue weighted by atomic mass is 9.88. The van der Waals surface area contributed by atoms with E-state index in [1.165, 1.54) is 0 Å². The van der Waals surface area contributed by atoms with Gasteiger partial charge in [0.05, 0.1) is 6.61 Å². The number of hydrogen-bond acceptors (Lipinski definition) is 4. The summed E-state index contributed by atoms with van der Waals surface area (Å²) in [5.74, 6) is 0.216. The Morgan fingerprint density at radius 3 is 2.19 bits per heavy atom. The number of carbonyl (C=O) groups excluding carboxylic acids is 2. The number of carbonyl (C=O) groups is 2. The molecule has 1 unspecified atom stereocenters. The zero-order valence-electron chi connectivity index (χ0n) is 13.6. The molecule has 1 amide bonds. The number of hydrogen-bond donors (Lipinski definition) is 0. The van der Waals surface area contributed by atoms with Crippen molar-refractivity contribution in [1.82, 2.24) is 4.90 Å². The van der Waals surface area contributed by atoms with E-state index in [0.717, 1.165) is 25.7 Å². The Hall–Kier alpha value is -1.26. The van der Waals surface area contributed by atoms with Crippen molar-refractivity contribution in [2.24, 2.45) is 5.92 Å². The molecule has 2 bridgehead atoms. The Balaban J connectivity index is 1.93. The summed E-state index contributed by atoms with van der Waals surface area (Å²) in [5.41, 5.74) is -0.460. The second-order valence-electron chi connectivity index (χ2n) is 7.12. The zero-order chi connectivity index (χ0) is 15.6. The maximum Gasteiger partial charge on any atom is 0.410 e. The molecule has 120 valence electrons. The van der Waals surface area contributed by atoms with Gasteiger partial charge >= 0.3 is 12.1 Å². The number of fused-ring (bicyclic) bond motifs is 2. The molecule has 0 aromatic heterocycles. The van der Waals surface area contributed by atoms with Crippen LogP contribution in [-0.4, -0.2) is 41.3 Å². The summed E-state index contributed by atoms with van der Waals surface area (Å²) in [6.45, 7) is 7.93. The molecule has 0 spiro atoms. The summed E-state index contributed by atoms with van der Waals surface area (Å²) in [4.78, 5) is 25.8. The van der Waals surface area contributed by atoms with E-state index in [0.29, 0.717) is 18.9 Å². The molecule has 0 aliphatic carbocycles. The van der Waals surface area contributed by atoms with E-state index in [1.54, 1.807) is 0 Å². The van der Waals surface area contributed by atoms with E-state index in [9.17, 15) is 9.59 Å².